The fourth-order valence-electron chi connectivity index (χ4n) is 2.82. The summed E-state index contributed by atoms with van der Waals surface area (Å²) in [6, 6.07) is 6.18. The Bertz CT molecular complexity index is 701. The summed E-state index contributed by atoms with van der Waals surface area (Å²) in [4.78, 5) is 15.8. The molecule has 0 bridgehead atoms. The van der Waals surface area contributed by atoms with Gasteiger partial charge in [0.05, 0.1) is 11.4 Å². The largest absolute Gasteiger partial charge is 0.397 e. The molecule has 0 fully saturated rings. The van der Waals surface area contributed by atoms with Gasteiger partial charge in [-0.15, -0.1) is 11.3 Å². The molecular formula is C17H20FN3OS. The first-order valence-corrected chi connectivity index (χ1v) is 8.62. The summed E-state index contributed by atoms with van der Waals surface area (Å²) >= 11 is 1.83. The maximum absolute atomic E-state index is 13.0. The molecule has 1 amide bonds. The predicted molar refractivity (Wildman–Crippen MR) is 92.0 cm³/mol. The maximum Gasteiger partial charge on any atom is 0.224 e. The lowest BCUT2D eigenvalue weighted by Crippen LogP contribution is -2.31. The third-order valence-electron chi connectivity index (χ3n) is 4.05. The number of anilines is 2. The zero-order chi connectivity index (χ0) is 16.2. The van der Waals surface area contributed by atoms with Crippen LogP contribution in [0.3, 0.4) is 0 Å². The van der Waals surface area contributed by atoms with Crippen molar-refractivity contribution in [3.8, 4) is 0 Å². The Hall–Kier alpha value is -1.92. The van der Waals surface area contributed by atoms with Crippen LogP contribution in [-0.4, -0.2) is 23.9 Å². The number of hydrogen-bond acceptors (Lipinski definition) is 4. The van der Waals surface area contributed by atoms with Gasteiger partial charge in [0.15, 0.2) is 0 Å². The molecule has 0 spiro atoms. The number of hydrogen-bond donors (Lipinski definition) is 2. The van der Waals surface area contributed by atoms with Crippen LogP contribution >= 0.6 is 11.3 Å². The summed E-state index contributed by atoms with van der Waals surface area (Å²) in [7, 11) is 0. The van der Waals surface area contributed by atoms with Crippen molar-refractivity contribution in [1.82, 2.24) is 4.90 Å². The van der Waals surface area contributed by atoms with Gasteiger partial charge in [0.1, 0.15) is 5.82 Å². The molecule has 0 saturated carbocycles. The summed E-state index contributed by atoms with van der Waals surface area (Å²) in [6.45, 7) is 2.94. The minimum absolute atomic E-state index is 0.0865. The molecule has 1 aliphatic heterocycles. The molecule has 23 heavy (non-hydrogen) atoms. The van der Waals surface area contributed by atoms with Gasteiger partial charge in [-0.1, -0.05) is 0 Å². The van der Waals surface area contributed by atoms with Crippen LogP contribution in [0.25, 0.3) is 0 Å². The number of amides is 1. The average Bonchev–Trinajstić information content (AvgIpc) is 2.98. The van der Waals surface area contributed by atoms with Crippen LogP contribution in [0.4, 0.5) is 15.8 Å². The van der Waals surface area contributed by atoms with Crippen molar-refractivity contribution in [1.29, 1.82) is 0 Å². The Kier molecular flexibility index (Phi) is 4.93. The molecule has 0 atom stereocenters. The molecule has 0 radical (unpaired) electrons. The van der Waals surface area contributed by atoms with Crippen molar-refractivity contribution < 1.29 is 9.18 Å². The number of benzene rings is 1. The van der Waals surface area contributed by atoms with E-state index in [0.717, 1.165) is 32.5 Å². The molecule has 2 heterocycles. The first kappa shape index (κ1) is 16.0. The van der Waals surface area contributed by atoms with E-state index >= 15 is 0 Å². The van der Waals surface area contributed by atoms with Crippen LogP contribution in [0.2, 0.25) is 0 Å². The van der Waals surface area contributed by atoms with Gasteiger partial charge in [-0.25, -0.2) is 4.39 Å². The smallest absolute Gasteiger partial charge is 0.224 e. The maximum atomic E-state index is 13.0. The Labute approximate surface area is 139 Å². The van der Waals surface area contributed by atoms with Crippen LogP contribution in [0.15, 0.2) is 29.6 Å². The Morgan fingerprint density at radius 3 is 3.09 bits per heavy atom. The number of nitrogens with zero attached hydrogens (tertiary/aromatic N) is 1. The van der Waals surface area contributed by atoms with Crippen LogP contribution < -0.4 is 11.1 Å². The van der Waals surface area contributed by atoms with Gasteiger partial charge in [-0.05, 0) is 54.6 Å². The molecule has 1 aliphatic rings. The Balaban J connectivity index is 1.43. The van der Waals surface area contributed by atoms with Crippen LogP contribution in [-0.2, 0) is 17.8 Å². The number of nitrogens with one attached hydrogen (secondary N) is 1. The van der Waals surface area contributed by atoms with Gasteiger partial charge in [0.2, 0.25) is 5.91 Å². The van der Waals surface area contributed by atoms with Gasteiger partial charge >= 0.3 is 0 Å². The highest BCUT2D eigenvalue weighted by atomic mass is 32.1. The molecule has 3 N–H and O–H groups in total. The first-order chi connectivity index (χ1) is 11.1. The zero-order valence-corrected chi connectivity index (χ0v) is 13.7. The van der Waals surface area contributed by atoms with E-state index in [0.29, 0.717) is 12.1 Å². The minimum Gasteiger partial charge on any atom is -0.397 e. The fraction of sp³-hybridized carbons (Fsp3) is 0.353. The van der Waals surface area contributed by atoms with E-state index in [4.69, 9.17) is 5.73 Å². The summed E-state index contributed by atoms with van der Waals surface area (Å²) in [5, 5.41) is 4.89. The lowest BCUT2D eigenvalue weighted by atomic mass is 10.1. The van der Waals surface area contributed by atoms with Gasteiger partial charge in [-0.3, -0.25) is 9.69 Å². The van der Waals surface area contributed by atoms with E-state index in [-0.39, 0.29) is 11.6 Å². The predicted octanol–water partition coefficient (Wildman–Crippen LogP) is 3.25. The lowest BCUT2D eigenvalue weighted by molar-refractivity contribution is -0.116. The van der Waals surface area contributed by atoms with Gasteiger partial charge in [0, 0.05) is 24.4 Å². The third-order valence-corrected chi connectivity index (χ3v) is 5.08. The van der Waals surface area contributed by atoms with Crippen molar-refractivity contribution in [2.75, 3.05) is 24.1 Å². The molecule has 2 aromatic rings. The van der Waals surface area contributed by atoms with Crippen molar-refractivity contribution in [2.45, 2.75) is 25.8 Å². The van der Waals surface area contributed by atoms with Crippen molar-refractivity contribution in [2.24, 2.45) is 0 Å². The van der Waals surface area contributed by atoms with Crippen molar-refractivity contribution >= 4 is 28.6 Å². The Morgan fingerprint density at radius 1 is 1.39 bits per heavy atom. The Morgan fingerprint density at radius 2 is 2.26 bits per heavy atom. The SMILES string of the molecule is Nc1cc(F)ccc1NC(=O)CCCN1CCc2sccc2C1. The standard InChI is InChI=1S/C17H20FN3OS/c18-13-3-4-15(14(19)10-13)20-17(22)2-1-7-21-8-5-16-12(11-21)6-9-23-16/h3-4,6,9-10H,1-2,5,7-8,11,19H2,(H,20,22). The monoisotopic (exact) mass is 333 g/mol. The normalized spacial score (nSPS) is 14.5. The number of fused-ring (bicyclic) bond motifs is 1. The number of rotatable bonds is 5. The van der Waals surface area contributed by atoms with E-state index < -0.39 is 5.82 Å². The number of nitrogens with two attached hydrogens (primary N) is 1. The summed E-state index contributed by atoms with van der Waals surface area (Å²) in [5.74, 6) is -0.491. The minimum atomic E-state index is -0.404. The molecule has 0 aliphatic carbocycles. The second-order valence-electron chi connectivity index (χ2n) is 5.78. The highest BCUT2D eigenvalue weighted by Crippen LogP contribution is 2.24. The van der Waals surface area contributed by atoms with E-state index in [1.165, 1.54) is 28.6 Å². The van der Waals surface area contributed by atoms with E-state index in [2.05, 4.69) is 21.7 Å². The van der Waals surface area contributed by atoms with Crippen LogP contribution in [0.5, 0.6) is 0 Å². The van der Waals surface area contributed by atoms with E-state index in [1.54, 1.807) is 0 Å². The quantitative estimate of drug-likeness (QED) is 0.826. The van der Waals surface area contributed by atoms with E-state index in [1.807, 2.05) is 11.3 Å². The zero-order valence-electron chi connectivity index (χ0n) is 12.8. The first-order valence-electron chi connectivity index (χ1n) is 7.74. The topological polar surface area (TPSA) is 58.4 Å². The highest BCUT2D eigenvalue weighted by Gasteiger charge is 2.17. The molecule has 6 heteroatoms. The number of carbonyl (C=O) groups excluding carboxylic acids is 1. The second kappa shape index (κ2) is 7.10. The van der Waals surface area contributed by atoms with Crippen molar-refractivity contribution in [3.05, 3.63) is 45.9 Å². The number of thiophene rings is 1. The summed E-state index contributed by atoms with van der Waals surface area (Å²) in [5.41, 5.74) is 7.83. The summed E-state index contributed by atoms with van der Waals surface area (Å²) < 4.78 is 13.0. The third kappa shape index (κ3) is 4.09. The number of nitrogen functional groups attached to an aromatic ring is 1. The average molecular weight is 333 g/mol. The molecule has 4 nitrogen and oxygen atoms in total. The number of carbonyl (C=O) groups is 1. The van der Waals surface area contributed by atoms with Gasteiger partial charge in [0.25, 0.3) is 0 Å². The lowest BCUT2D eigenvalue weighted by Gasteiger charge is -2.26. The summed E-state index contributed by atoms with van der Waals surface area (Å²) in [6.07, 6.45) is 2.33. The van der Waals surface area contributed by atoms with Gasteiger partial charge in [-0.2, -0.15) is 0 Å². The fourth-order valence-corrected chi connectivity index (χ4v) is 3.71. The molecule has 3 rings (SSSR count). The number of halogens is 1. The molecule has 0 saturated heterocycles. The molecule has 1 aromatic heterocycles. The molecular weight excluding hydrogens is 313 g/mol. The molecule has 1 aromatic carbocycles. The van der Waals surface area contributed by atoms with Gasteiger partial charge < -0.3 is 11.1 Å². The van der Waals surface area contributed by atoms with Crippen molar-refractivity contribution in [3.63, 3.8) is 0 Å². The molecule has 122 valence electrons. The molecule has 0 unspecified atom stereocenters. The highest BCUT2D eigenvalue weighted by molar-refractivity contribution is 7.10. The van der Waals surface area contributed by atoms with E-state index in [9.17, 15) is 9.18 Å². The second-order valence-corrected chi connectivity index (χ2v) is 6.78. The van der Waals surface area contributed by atoms with Crippen LogP contribution in [0, 0.1) is 5.82 Å². The van der Waals surface area contributed by atoms with Crippen LogP contribution in [0.1, 0.15) is 23.3 Å².